The number of fused-ring (bicyclic) bond motifs is 1. The van der Waals surface area contributed by atoms with Crippen LogP contribution in [0.1, 0.15) is 16.7 Å². The van der Waals surface area contributed by atoms with Crippen LogP contribution in [0.25, 0.3) is 33.6 Å². The zero-order valence-electron chi connectivity index (χ0n) is 19.0. The molecule has 34 heavy (non-hydrogen) atoms. The van der Waals surface area contributed by atoms with Crippen molar-refractivity contribution in [2.75, 3.05) is 14.2 Å². The molecule has 0 spiro atoms. The van der Waals surface area contributed by atoms with Gasteiger partial charge in [0.05, 0.1) is 28.5 Å². The first-order chi connectivity index (χ1) is 16.6. The number of pyridine rings is 2. The molecular formula is C27H24Cl2N4O. The number of methoxy groups -OCH3 is 1. The summed E-state index contributed by atoms with van der Waals surface area (Å²) < 4.78 is 5.50. The van der Waals surface area contributed by atoms with E-state index in [-0.39, 0.29) is 0 Å². The summed E-state index contributed by atoms with van der Waals surface area (Å²) in [4.78, 5) is 9.29. The molecule has 2 aromatic carbocycles. The van der Waals surface area contributed by atoms with Crippen molar-refractivity contribution < 1.29 is 4.74 Å². The molecule has 0 saturated heterocycles. The summed E-state index contributed by atoms with van der Waals surface area (Å²) >= 11 is 13.9. The highest BCUT2D eigenvalue weighted by Gasteiger charge is 2.19. The van der Waals surface area contributed by atoms with E-state index in [0.29, 0.717) is 22.5 Å². The van der Waals surface area contributed by atoms with E-state index in [1.165, 1.54) is 11.1 Å². The largest absolute Gasteiger partial charge is 0.481 e. The van der Waals surface area contributed by atoms with Crippen molar-refractivity contribution in [1.82, 2.24) is 20.6 Å². The van der Waals surface area contributed by atoms with Gasteiger partial charge in [-0.3, -0.25) is 4.98 Å². The van der Waals surface area contributed by atoms with Gasteiger partial charge in [0.25, 0.3) is 0 Å². The van der Waals surface area contributed by atoms with Gasteiger partial charge in [-0.25, -0.2) is 4.98 Å². The summed E-state index contributed by atoms with van der Waals surface area (Å²) in [6, 6.07) is 18.1. The van der Waals surface area contributed by atoms with Crippen molar-refractivity contribution >= 4 is 23.2 Å². The molecule has 4 aromatic rings. The van der Waals surface area contributed by atoms with Crippen LogP contribution in [0.15, 0.2) is 60.8 Å². The Kier molecular flexibility index (Phi) is 6.53. The Bertz CT molecular complexity index is 1370. The Hall–Kier alpha value is -2.96. The topological polar surface area (TPSA) is 59.1 Å². The van der Waals surface area contributed by atoms with Gasteiger partial charge >= 0.3 is 0 Å². The second-order valence-corrected chi connectivity index (χ2v) is 8.93. The molecule has 0 saturated carbocycles. The normalized spacial score (nSPS) is 12.6. The van der Waals surface area contributed by atoms with Crippen molar-refractivity contribution in [3.63, 3.8) is 0 Å². The number of nitrogens with one attached hydrogen (secondary N) is 2. The van der Waals surface area contributed by atoms with E-state index in [4.69, 9.17) is 32.9 Å². The van der Waals surface area contributed by atoms with E-state index in [0.717, 1.165) is 52.3 Å². The lowest BCUT2D eigenvalue weighted by atomic mass is 9.98. The van der Waals surface area contributed by atoms with Gasteiger partial charge in [0.15, 0.2) is 0 Å². The number of benzene rings is 2. The predicted molar refractivity (Wildman–Crippen MR) is 138 cm³/mol. The zero-order valence-corrected chi connectivity index (χ0v) is 20.5. The van der Waals surface area contributed by atoms with Gasteiger partial charge in [-0.2, -0.15) is 0 Å². The van der Waals surface area contributed by atoms with Crippen LogP contribution < -0.4 is 15.4 Å². The average Bonchev–Trinajstić information content (AvgIpc) is 3.33. The minimum Gasteiger partial charge on any atom is -0.481 e. The van der Waals surface area contributed by atoms with Crippen LogP contribution in [0.4, 0.5) is 0 Å². The molecule has 0 unspecified atom stereocenters. The molecule has 0 fully saturated rings. The van der Waals surface area contributed by atoms with Gasteiger partial charge in [-0.1, -0.05) is 59.6 Å². The van der Waals surface area contributed by atoms with Crippen molar-refractivity contribution in [2.45, 2.75) is 19.6 Å². The molecule has 3 heterocycles. The van der Waals surface area contributed by atoms with E-state index in [9.17, 15) is 0 Å². The number of hydrogen-bond donors (Lipinski definition) is 2. The van der Waals surface area contributed by atoms with Crippen LogP contribution in [0.3, 0.4) is 0 Å². The van der Waals surface area contributed by atoms with Crippen molar-refractivity contribution in [3.8, 4) is 39.5 Å². The summed E-state index contributed by atoms with van der Waals surface area (Å²) in [5.74, 6) is 0.573. The molecule has 2 aromatic heterocycles. The van der Waals surface area contributed by atoms with Crippen LogP contribution in [0.2, 0.25) is 10.0 Å². The lowest BCUT2D eigenvalue weighted by molar-refractivity contribution is 0.392. The van der Waals surface area contributed by atoms with Crippen LogP contribution in [-0.4, -0.2) is 24.1 Å². The maximum Gasteiger partial charge on any atom is 0.218 e. The summed E-state index contributed by atoms with van der Waals surface area (Å²) in [5, 5.41) is 7.66. The maximum atomic E-state index is 6.94. The summed E-state index contributed by atoms with van der Waals surface area (Å²) in [7, 11) is 3.51. The molecular weight excluding hydrogens is 467 g/mol. The van der Waals surface area contributed by atoms with Gasteiger partial charge in [-0.05, 0) is 36.4 Å². The highest BCUT2D eigenvalue weighted by atomic mass is 35.5. The van der Waals surface area contributed by atoms with Crippen LogP contribution in [0.5, 0.6) is 5.88 Å². The van der Waals surface area contributed by atoms with Crippen LogP contribution in [-0.2, 0) is 19.6 Å². The third-order valence-corrected chi connectivity index (χ3v) is 6.85. The molecule has 5 nitrogen and oxygen atoms in total. The number of rotatable bonds is 6. The first-order valence-electron chi connectivity index (χ1n) is 11.1. The van der Waals surface area contributed by atoms with E-state index in [1.807, 2.05) is 43.4 Å². The number of halogens is 2. The predicted octanol–water partition coefficient (Wildman–Crippen LogP) is 6.12. The lowest BCUT2D eigenvalue weighted by Gasteiger charge is -2.14. The highest BCUT2D eigenvalue weighted by Crippen LogP contribution is 2.42. The van der Waals surface area contributed by atoms with Crippen LogP contribution in [0, 0.1) is 0 Å². The molecule has 7 heteroatoms. The Labute approximate surface area is 209 Å². The average molecular weight is 491 g/mol. The number of ether oxygens (including phenoxy) is 1. The lowest BCUT2D eigenvalue weighted by Crippen LogP contribution is -2.07. The minimum atomic E-state index is 0.572. The van der Waals surface area contributed by atoms with E-state index >= 15 is 0 Å². The monoisotopic (exact) mass is 490 g/mol. The SMILES string of the molecule is CNCc1ccc(-c2cccc(-c3ccnc(-c4ccc5c(c4)CNC5)c3Cl)c2Cl)nc1OC. The first-order valence-corrected chi connectivity index (χ1v) is 11.8. The fraction of sp³-hybridized carbons (Fsp3) is 0.185. The molecule has 5 rings (SSSR count). The van der Waals surface area contributed by atoms with Gasteiger partial charge in [0.2, 0.25) is 5.88 Å². The van der Waals surface area contributed by atoms with E-state index < -0.39 is 0 Å². The quantitative estimate of drug-likeness (QED) is 0.341. The second kappa shape index (κ2) is 9.72. The third-order valence-electron chi connectivity index (χ3n) is 6.06. The van der Waals surface area contributed by atoms with Gasteiger partial charge in [-0.15, -0.1) is 0 Å². The standard InChI is InChI=1S/C27H24Cl2N4O/c1-30-13-18-8-9-23(33-27(18)34-2)22-5-3-4-20(24(22)28)21-10-11-32-26(25(21)29)16-6-7-17-14-31-15-19(17)12-16/h3-12,30-31H,13-15H2,1-2H3. The Balaban J connectivity index is 1.57. The fourth-order valence-electron chi connectivity index (χ4n) is 4.35. The smallest absolute Gasteiger partial charge is 0.218 e. The molecule has 1 aliphatic rings. The molecule has 0 bridgehead atoms. The van der Waals surface area contributed by atoms with E-state index in [1.54, 1.807) is 13.3 Å². The fourth-order valence-corrected chi connectivity index (χ4v) is 5.00. The summed E-state index contributed by atoms with van der Waals surface area (Å²) in [5.41, 5.74) is 8.52. The molecule has 1 aliphatic heterocycles. The highest BCUT2D eigenvalue weighted by molar-refractivity contribution is 6.39. The summed E-state index contributed by atoms with van der Waals surface area (Å²) in [6.45, 7) is 2.42. The molecule has 172 valence electrons. The minimum absolute atomic E-state index is 0.572. The molecule has 0 aliphatic carbocycles. The Morgan fingerprint density at radius 1 is 0.941 bits per heavy atom. The number of hydrogen-bond acceptors (Lipinski definition) is 5. The second-order valence-electron chi connectivity index (χ2n) is 8.17. The molecule has 0 amide bonds. The van der Waals surface area contributed by atoms with Crippen LogP contribution >= 0.6 is 23.2 Å². The zero-order chi connectivity index (χ0) is 23.7. The van der Waals surface area contributed by atoms with Crippen molar-refractivity contribution in [2.24, 2.45) is 0 Å². The Morgan fingerprint density at radius 2 is 1.74 bits per heavy atom. The van der Waals surface area contributed by atoms with Gasteiger partial charge in [0.1, 0.15) is 0 Å². The van der Waals surface area contributed by atoms with Gasteiger partial charge < -0.3 is 15.4 Å². The molecule has 2 N–H and O–H groups in total. The number of nitrogens with zero attached hydrogens (tertiary/aromatic N) is 2. The Morgan fingerprint density at radius 3 is 2.56 bits per heavy atom. The maximum absolute atomic E-state index is 6.94. The van der Waals surface area contributed by atoms with E-state index in [2.05, 4.69) is 33.8 Å². The van der Waals surface area contributed by atoms with Gasteiger partial charge in [0, 0.05) is 53.6 Å². The number of aromatic nitrogens is 2. The summed E-state index contributed by atoms with van der Waals surface area (Å²) in [6.07, 6.45) is 1.78. The molecule has 0 atom stereocenters. The molecule has 0 radical (unpaired) electrons. The third kappa shape index (κ3) is 4.17. The van der Waals surface area contributed by atoms with Crippen molar-refractivity contribution in [1.29, 1.82) is 0 Å². The van der Waals surface area contributed by atoms with Crippen molar-refractivity contribution in [3.05, 3.63) is 87.5 Å². The first kappa shape index (κ1) is 22.8.